The van der Waals surface area contributed by atoms with Crippen LogP contribution in [0.3, 0.4) is 0 Å². The van der Waals surface area contributed by atoms with E-state index in [-0.39, 0.29) is 54.0 Å². The number of phenols is 2. The number of ketones is 1. The molecule has 1 fully saturated rings. The maximum Gasteiger partial charge on any atom is 0.254 e. The lowest BCUT2D eigenvalue weighted by Gasteiger charge is -2.26. The maximum atomic E-state index is 14.4. The Morgan fingerprint density at radius 3 is 2.31 bits per heavy atom. The molecule has 0 saturated carbocycles. The highest BCUT2D eigenvalue weighted by Gasteiger charge is 2.37. The van der Waals surface area contributed by atoms with Crippen LogP contribution < -0.4 is 21.1 Å². The van der Waals surface area contributed by atoms with Crippen molar-refractivity contribution in [2.24, 2.45) is 5.92 Å². The number of benzene rings is 2. The molecule has 3 atom stereocenters. The van der Waals surface area contributed by atoms with E-state index in [9.17, 15) is 19.8 Å². The van der Waals surface area contributed by atoms with Gasteiger partial charge >= 0.3 is 0 Å². The molecule has 20 heteroatoms. The van der Waals surface area contributed by atoms with Gasteiger partial charge in [-0.2, -0.15) is 5.10 Å². The number of ether oxygens (including phenoxy) is 5. The average molecular weight is 940 g/mol. The number of aromatic nitrogens is 6. The molecular formula is C47H57N9O10S. The van der Waals surface area contributed by atoms with Crippen LogP contribution in [-0.4, -0.2) is 124 Å². The number of nitrogens with one attached hydrogen (secondary N) is 2. The van der Waals surface area contributed by atoms with Gasteiger partial charge < -0.3 is 54.8 Å². The maximum absolute atomic E-state index is 14.4. The minimum Gasteiger partial charge on any atom is -0.507 e. The Balaban J connectivity index is 0.772. The minimum absolute atomic E-state index is 0.0151. The Hall–Kier alpha value is -6.29. The van der Waals surface area contributed by atoms with Crippen LogP contribution in [0.4, 0.5) is 5.82 Å². The van der Waals surface area contributed by atoms with Gasteiger partial charge in [-0.25, -0.2) is 4.98 Å². The van der Waals surface area contributed by atoms with Gasteiger partial charge in [-0.05, 0) is 73.3 Å². The monoisotopic (exact) mass is 939 g/mol. The summed E-state index contributed by atoms with van der Waals surface area (Å²) in [5, 5.41) is 44.1. The van der Waals surface area contributed by atoms with Crippen molar-refractivity contribution < 1.29 is 48.0 Å². The molecule has 2 aromatic carbocycles. The van der Waals surface area contributed by atoms with Crippen molar-refractivity contribution in [2.45, 2.75) is 58.2 Å². The molecule has 1 saturated heterocycles. The number of thiazole rings is 1. The molecule has 4 aromatic heterocycles. The second kappa shape index (κ2) is 23.9. The first-order valence-electron chi connectivity index (χ1n) is 22.2. The second-order valence-electron chi connectivity index (χ2n) is 16.2. The highest BCUT2D eigenvalue weighted by atomic mass is 32.1. The van der Waals surface area contributed by atoms with Gasteiger partial charge in [-0.1, -0.05) is 32.0 Å². The number of aryl methyl sites for hydroxylation is 1. The fourth-order valence-electron chi connectivity index (χ4n) is 7.62. The molecule has 1 amide bonds. The predicted octanol–water partition coefficient (Wildman–Crippen LogP) is 5.48. The number of hydrogen-bond donors (Lipinski definition) is 5. The van der Waals surface area contributed by atoms with Crippen LogP contribution in [0.15, 0.2) is 77.0 Å². The van der Waals surface area contributed by atoms with Gasteiger partial charge in [0.15, 0.2) is 17.4 Å². The zero-order valence-corrected chi connectivity index (χ0v) is 38.6. The summed E-state index contributed by atoms with van der Waals surface area (Å²) in [6.45, 7) is 10.1. The zero-order valence-electron chi connectivity index (χ0n) is 37.8. The SMILES string of the molecule is Cc1ncsc1-c1ccc(C(NC(=O)C2CCCN2)C(=O)[C@@H](c2cc(OCCOCCOCCOCCOCCn3cc(-c4cc(-c5ccccc5O)nnc4N)cn3)no2)C(C)C)cc1O. The summed E-state index contributed by atoms with van der Waals surface area (Å²) in [6, 6.07) is 13.8. The molecule has 7 rings (SSSR count). The molecule has 0 radical (unpaired) electrons. The van der Waals surface area contributed by atoms with Crippen molar-refractivity contribution >= 4 is 28.8 Å². The van der Waals surface area contributed by atoms with E-state index in [0.717, 1.165) is 29.1 Å². The lowest BCUT2D eigenvalue weighted by atomic mass is 9.83. The van der Waals surface area contributed by atoms with Crippen molar-refractivity contribution in [1.82, 2.24) is 40.8 Å². The fourth-order valence-corrected chi connectivity index (χ4v) is 8.46. The first kappa shape index (κ1) is 48.6. The van der Waals surface area contributed by atoms with E-state index in [2.05, 4.69) is 36.1 Å². The summed E-state index contributed by atoms with van der Waals surface area (Å²) >= 11 is 1.41. The highest BCUT2D eigenvalue weighted by molar-refractivity contribution is 7.13. The third kappa shape index (κ3) is 13.0. The second-order valence-corrected chi connectivity index (χ2v) is 17.0. The third-order valence-corrected chi connectivity index (χ3v) is 12.0. The molecule has 0 aliphatic carbocycles. The number of rotatable bonds is 26. The first-order chi connectivity index (χ1) is 32.6. The number of Topliss-reactive ketones (excluding diaryl/α,β-unsaturated/α-hetero) is 1. The van der Waals surface area contributed by atoms with Gasteiger partial charge in [0.1, 0.15) is 24.1 Å². The fraction of sp³-hybridized carbons (Fsp3) is 0.426. The molecule has 67 heavy (non-hydrogen) atoms. The molecule has 6 N–H and O–H groups in total. The smallest absolute Gasteiger partial charge is 0.254 e. The number of hydrogen-bond acceptors (Lipinski definition) is 18. The van der Waals surface area contributed by atoms with Crippen molar-refractivity contribution in [3.63, 3.8) is 0 Å². The van der Waals surface area contributed by atoms with E-state index in [0.29, 0.717) is 92.9 Å². The van der Waals surface area contributed by atoms with Crippen LogP contribution in [0.5, 0.6) is 17.4 Å². The first-order valence-corrected chi connectivity index (χ1v) is 23.1. The molecule has 356 valence electrons. The lowest BCUT2D eigenvalue weighted by Crippen LogP contribution is -2.45. The van der Waals surface area contributed by atoms with E-state index < -0.39 is 18.0 Å². The number of anilines is 1. The summed E-state index contributed by atoms with van der Waals surface area (Å²) in [4.78, 5) is 32.9. The van der Waals surface area contributed by atoms with Gasteiger partial charge in [0.25, 0.3) is 5.88 Å². The number of phenolic OH excluding ortho intramolecular Hbond substituents is 2. The summed E-state index contributed by atoms with van der Waals surface area (Å²) in [5.74, 6) is -0.746. The Bertz CT molecular complexity index is 2540. The molecule has 0 bridgehead atoms. The van der Waals surface area contributed by atoms with Gasteiger partial charge in [0, 0.05) is 34.5 Å². The number of nitrogens with zero attached hydrogens (tertiary/aromatic N) is 6. The van der Waals surface area contributed by atoms with E-state index in [1.807, 2.05) is 33.0 Å². The number of nitrogens with two attached hydrogens (primary N) is 1. The summed E-state index contributed by atoms with van der Waals surface area (Å²) in [6.07, 6.45) is 5.08. The molecular weight excluding hydrogens is 883 g/mol. The van der Waals surface area contributed by atoms with E-state index in [1.165, 1.54) is 17.4 Å². The molecule has 6 aromatic rings. The number of amides is 1. The third-order valence-electron chi connectivity index (χ3n) is 11.1. The standard InChI is InChI=1S/C47H57N9O10S/c1-29(2)42(44(59)43(52-47(60)36-8-6-12-49-36)31-10-11-34(39(58)23-31)45-30(3)50-28-67-45)40-25-41(55-66-40)65-22-21-64-20-19-63-18-17-62-16-15-61-14-13-56-27-32(26-51-56)35-24-37(53-54-46(35)48)33-7-4-5-9-38(33)57/h4-5,7,9-11,23-29,36,42-43,49,57-58H,6,8,12-22H2,1-3H3,(H2,48,54)(H,52,60)/t36?,42-,43?/m1/s1. The van der Waals surface area contributed by atoms with Crippen LogP contribution in [-0.2, 0) is 35.1 Å². The number of nitrogen functional groups attached to an aromatic ring is 1. The quantitative estimate of drug-likeness (QED) is 0.0422. The minimum atomic E-state index is -1.07. The number of aromatic hydroxyl groups is 2. The summed E-state index contributed by atoms with van der Waals surface area (Å²) < 4.78 is 35.7. The van der Waals surface area contributed by atoms with Crippen molar-refractivity contribution in [1.29, 1.82) is 0 Å². The van der Waals surface area contributed by atoms with Gasteiger partial charge in [0.05, 0.1) is 99.3 Å². The Morgan fingerprint density at radius 2 is 1.64 bits per heavy atom. The Morgan fingerprint density at radius 1 is 0.910 bits per heavy atom. The summed E-state index contributed by atoms with van der Waals surface area (Å²) in [5.41, 5.74) is 12.2. The van der Waals surface area contributed by atoms with Crippen LogP contribution in [0, 0.1) is 12.8 Å². The number of carbonyl (C=O) groups is 2. The van der Waals surface area contributed by atoms with Crippen molar-refractivity contribution in [2.75, 3.05) is 71.7 Å². The predicted molar refractivity (Wildman–Crippen MR) is 248 cm³/mol. The van der Waals surface area contributed by atoms with E-state index >= 15 is 0 Å². The topological polar surface area (TPSA) is 253 Å². The highest BCUT2D eigenvalue weighted by Crippen LogP contribution is 2.39. The van der Waals surface area contributed by atoms with Gasteiger partial charge in [-0.15, -0.1) is 21.5 Å². The molecule has 1 aliphatic rings. The molecule has 5 heterocycles. The van der Waals surface area contributed by atoms with Crippen LogP contribution >= 0.6 is 11.3 Å². The largest absolute Gasteiger partial charge is 0.507 e. The van der Waals surface area contributed by atoms with Crippen molar-refractivity contribution in [3.05, 3.63) is 89.5 Å². The number of para-hydroxylation sites is 1. The van der Waals surface area contributed by atoms with Crippen LogP contribution in [0.1, 0.15) is 55.7 Å². The van der Waals surface area contributed by atoms with Crippen molar-refractivity contribution in [3.8, 4) is 50.2 Å². The van der Waals surface area contributed by atoms with Gasteiger partial charge in [0.2, 0.25) is 5.91 Å². The van der Waals surface area contributed by atoms with E-state index in [1.54, 1.807) is 58.9 Å². The van der Waals surface area contributed by atoms with Crippen LogP contribution in [0.25, 0.3) is 32.8 Å². The normalized spacial score (nSPS) is 14.7. The summed E-state index contributed by atoms with van der Waals surface area (Å²) in [7, 11) is 0. The lowest BCUT2D eigenvalue weighted by molar-refractivity contribution is -0.130. The Kier molecular flexibility index (Phi) is 17.4. The number of carbonyl (C=O) groups excluding carboxylic acids is 2. The molecule has 1 aliphatic heterocycles. The van der Waals surface area contributed by atoms with Crippen LogP contribution in [0.2, 0.25) is 0 Å². The average Bonchev–Trinajstić information content (AvgIpc) is 4.17. The molecule has 2 unspecified atom stereocenters. The zero-order chi connectivity index (χ0) is 47.1. The van der Waals surface area contributed by atoms with Gasteiger partial charge in [-0.3, -0.25) is 14.3 Å². The molecule has 19 nitrogen and oxygen atoms in total. The molecule has 0 spiro atoms. The Labute approximate surface area is 391 Å². The van der Waals surface area contributed by atoms with E-state index in [4.69, 9.17) is 33.9 Å².